The van der Waals surface area contributed by atoms with E-state index in [1.807, 2.05) is 28.5 Å². The molecule has 8 heteroatoms. The Kier molecular flexibility index (Phi) is 4.57. The molecular formula is C21H22ClF2N5. The molecule has 152 valence electrons. The first kappa shape index (κ1) is 18.6. The van der Waals surface area contributed by atoms with E-state index in [2.05, 4.69) is 15.1 Å². The molecule has 29 heavy (non-hydrogen) atoms. The van der Waals surface area contributed by atoms with Crippen LogP contribution in [-0.2, 0) is 6.42 Å². The maximum absolute atomic E-state index is 13.6. The Hall–Kier alpha value is -2.41. The fraction of sp³-hybridized carbons (Fsp3) is 0.429. The molecule has 1 saturated carbocycles. The predicted molar refractivity (Wildman–Crippen MR) is 110 cm³/mol. The number of pyridine rings is 1. The molecule has 5 rings (SSSR count). The summed E-state index contributed by atoms with van der Waals surface area (Å²) < 4.78 is 29.2. The molecule has 2 aliphatic rings. The summed E-state index contributed by atoms with van der Waals surface area (Å²) in [5.74, 6) is 0.568. The van der Waals surface area contributed by atoms with Crippen LogP contribution in [0.15, 0.2) is 30.5 Å². The summed E-state index contributed by atoms with van der Waals surface area (Å²) in [6.07, 6.45) is 5.46. The lowest BCUT2D eigenvalue weighted by molar-refractivity contribution is 0.541. The number of halogens is 3. The molecule has 0 bridgehead atoms. The van der Waals surface area contributed by atoms with Crippen molar-refractivity contribution < 1.29 is 8.78 Å². The minimum Gasteiger partial charge on any atom is -0.366 e. The molecule has 1 saturated heterocycles. The number of rotatable bonds is 4. The Morgan fingerprint density at radius 3 is 2.55 bits per heavy atom. The first-order valence-electron chi connectivity index (χ1n) is 9.99. The molecule has 0 unspecified atom stereocenters. The van der Waals surface area contributed by atoms with E-state index in [1.165, 1.54) is 25.0 Å². The number of aromatic nitrogens is 3. The van der Waals surface area contributed by atoms with Crippen LogP contribution in [0.4, 0.5) is 20.2 Å². The van der Waals surface area contributed by atoms with Gasteiger partial charge in [-0.25, -0.2) is 8.78 Å². The molecule has 1 aliphatic heterocycles. The van der Waals surface area contributed by atoms with Crippen LogP contribution in [-0.4, -0.2) is 40.3 Å². The van der Waals surface area contributed by atoms with Crippen LogP contribution in [0.2, 0.25) is 5.02 Å². The van der Waals surface area contributed by atoms with Crippen molar-refractivity contribution in [3.63, 3.8) is 0 Å². The van der Waals surface area contributed by atoms with Gasteiger partial charge in [-0.05, 0) is 43.9 Å². The Bertz CT molecular complexity index is 1040. The van der Waals surface area contributed by atoms with Gasteiger partial charge in [0.05, 0.1) is 5.69 Å². The van der Waals surface area contributed by atoms with Gasteiger partial charge < -0.3 is 9.80 Å². The zero-order chi connectivity index (χ0) is 20.1. The SMILES string of the molecule is C[C@@H]1CN(c2ccn3c(CC4CC4)nnc3c2Cl)CCN1c1cc(F)cc(F)c1. The summed E-state index contributed by atoms with van der Waals surface area (Å²) in [5, 5.41) is 9.25. The molecule has 3 aromatic rings. The monoisotopic (exact) mass is 417 g/mol. The van der Waals surface area contributed by atoms with E-state index in [-0.39, 0.29) is 6.04 Å². The highest BCUT2D eigenvalue weighted by atomic mass is 35.5. The summed E-state index contributed by atoms with van der Waals surface area (Å²) in [4.78, 5) is 4.23. The number of benzene rings is 1. The molecule has 5 nitrogen and oxygen atoms in total. The molecular weight excluding hydrogens is 396 g/mol. The van der Waals surface area contributed by atoms with Gasteiger partial charge in [0.2, 0.25) is 0 Å². The van der Waals surface area contributed by atoms with Gasteiger partial charge in [-0.15, -0.1) is 10.2 Å². The maximum Gasteiger partial charge on any atom is 0.181 e. The summed E-state index contributed by atoms with van der Waals surface area (Å²) in [7, 11) is 0. The minimum absolute atomic E-state index is 0.0699. The zero-order valence-electron chi connectivity index (χ0n) is 16.2. The molecule has 2 fully saturated rings. The number of piperazine rings is 1. The van der Waals surface area contributed by atoms with Crippen LogP contribution < -0.4 is 9.80 Å². The Balaban J connectivity index is 1.38. The molecule has 2 aromatic heterocycles. The van der Waals surface area contributed by atoms with Crippen molar-refractivity contribution in [3.05, 3.63) is 52.9 Å². The summed E-state index contributed by atoms with van der Waals surface area (Å²) >= 11 is 6.71. The second kappa shape index (κ2) is 7.13. The van der Waals surface area contributed by atoms with Crippen LogP contribution in [0.25, 0.3) is 5.65 Å². The highest BCUT2D eigenvalue weighted by Crippen LogP contribution is 2.35. The van der Waals surface area contributed by atoms with Gasteiger partial charge in [-0.3, -0.25) is 4.40 Å². The van der Waals surface area contributed by atoms with Gasteiger partial charge in [0.25, 0.3) is 0 Å². The number of hydrogen-bond acceptors (Lipinski definition) is 4. The minimum atomic E-state index is -0.558. The fourth-order valence-corrected chi connectivity index (χ4v) is 4.50. The molecule has 0 N–H and O–H groups in total. The van der Waals surface area contributed by atoms with Crippen molar-refractivity contribution in [3.8, 4) is 0 Å². The van der Waals surface area contributed by atoms with E-state index in [0.29, 0.717) is 36.0 Å². The standard InChI is InChI=1S/C21H22ClF2N5/c1-13-12-27(6-7-28(13)17-10-15(23)9-16(24)11-17)18-4-5-29-19(8-14-2-3-14)25-26-21(29)20(18)22/h4-5,9-11,13-14H,2-3,6-8,12H2,1H3/t13-/m1/s1. The Morgan fingerprint density at radius 1 is 1.10 bits per heavy atom. The lowest BCUT2D eigenvalue weighted by atomic mass is 10.1. The third-order valence-corrected chi connectivity index (χ3v) is 6.25. The van der Waals surface area contributed by atoms with Crippen LogP contribution in [0.1, 0.15) is 25.6 Å². The van der Waals surface area contributed by atoms with Crippen LogP contribution in [0, 0.1) is 17.6 Å². The first-order chi connectivity index (χ1) is 14.0. The number of hydrogen-bond donors (Lipinski definition) is 0. The molecule has 0 amide bonds. The van der Waals surface area contributed by atoms with E-state index in [4.69, 9.17) is 11.6 Å². The van der Waals surface area contributed by atoms with Gasteiger partial charge in [0.15, 0.2) is 5.65 Å². The molecule has 3 heterocycles. The van der Waals surface area contributed by atoms with Crippen LogP contribution in [0.5, 0.6) is 0 Å². The lowest BCUT2D eigenvalue weighted by Crippen LogP contribution is -2.52. The van der Waals surface area contributed by atoms with Gasteiger partial charge in [-0.2, -0.15) is 0 Å². The van der Waals surface area contributed by atoms with E-state index in [0.717, 1.165) is 29.9 Å². The third kappa shape index (κ3) is 3.52. The average Bonchev–Trinajstić information content (AvgIpc) is 3.40. The van der Waals surface area contributed by atoms with Gasteiger partial charge in [-0.1, -0.05) is 11.6 Å². The van der Waals surface area contributed by atoms with Crippen molar-refractivity contribution in [2.24, 2.45) is 5.92 Å². The summed E-state index contributed by atoms with van der Waals surface area (Å²) in [6.45, 7) is 4.08. The molecule has 0 spiro atoms. The molecule has 1 aliphatic carbocycles. The second-order valence-corrected chi connectivity index (χ2v) is 8.47. The second-order valence-electron chi connectivity index (χ2n) is 8.09. The van der Waals surface area contributed by atoms with Crippen molar-refractivity contribution >= 4 is 28.6 Å². The van der Waals surface area contributed by atoms with Crippen LogP contribution >= 0.6 is 11.6 Å². The van der Waals surface area contributed by atoms with Crippen molar-refractivity contribution in [2.75, 3.05) is 29.4 Å². The van der Waals surface area contributed by atoms with E-state index >= 15 is 0 Å². The summed E-state index contributed by atoms with van der Waals surface area (Å²) in [5.41, 5.74) is 2.17. The third-order valence-electron chi connectivity index (χ3n) is 5.88. The van der Waals surface area contributed by atoms with Gasteiger partial charge >= 0.3 is 0 Å². The number of nitrogens with zero attached hydrogens (tertiary/aromatic N) is 5. The number of fused-ring (bicyclic) bond motifs is 1. The molecule has 0 radical (unpaired) electrons. The van der Waals surface area contributed by atoms with Crippen molar-refractivity contribution in [1.29, 1.82) is 0 Å². The topological polar surface area (TPSA) is 36.7 Å². The van der Waals surface area contributed by atoms with Crippen LogP contribution in [0.3, 0.4) is 0 Å². The molecule has 1 atom stereocenters. The Labute approximate surface area is 172 Å². The zero-order valence-corrected chi connectivity index (χ0v) is 16.9. The normalized spacial score (nSPS) is 19.9. The Morgan fingerprint density at radius 2 is 1.86 bits per heavy atom. The number of anilines is 2. The largest absolute Gasteiger partial charge is 0.366 e. The smallest absolute Gasteiger partial charge is 0.181 e. The predicted octanol–water partition coefficient (Wildman–Crippen LogP) is 4.33. The average molecular weight is 418 g/mol. The highest BCUT2D eigenvalue weighted by Gasteiger charge is 2.28. The quantitative estimate of drug-likeness (QED) is 0.633. The highest BCUT2D eigenvalue weighted by molar-refractivity contribution is 6.36. The summed E-state index contributed by atoms with van der Waals surface area (Å²) in [6, 6.07) is 5.74. The maximum atomic E-state index is 13.6. The van der Waals surface area contributed by atoms with Crippen molar-refractivity contribution in [1.82, 2.24) is 14.6 Å². The van der Waals surface area contributed by atoms with Crippen molar-refractivity contribution in [2.45, 2.75) is 32.2 Å². The first-order valence-corrected chi connectivity index (χ1v) is 10.4. The fourth-order valence-electron chi connectivity index (χ4n) is 4.19. The van der Waals surface area contributed by atoms with Gasteiger partial charge in [0, 0.05) is 50.0 Å². The lowest BCUT2D eigenvalue weighted by Gasteiger charge is -2.42. The van der Waals surface area contributed by atoms with E-state index in [1.54, 1.807) is 0 Å². The van der Waals surface area contributed by atoms with Gasteiger partial charge in [0.1, 0.15) is 22.5 Å². The van der Waals surface area contributed by atoms with E-state index in [9.17, 15) is 8.78 Å². The van der Waals surface area contributed by atoms with E-state index < -0.39 is 11.6 Å². The molecule has 1 aromatic carbocycles.